The minimum Gasteiger partial charge on any atom is -0.398 e. The van der Waals surface area contributed by atoms with Gasteiger partial charge in [-0.25, -0.2) is 24.9 Å². The lowest BCUT2D eigenvalue weighted by Gasteiger charge is -2.32. The van der Waals surface area contributed by atoms with E-state index in [1.807, 2.05) is 48.5 Å². The molecule has 0 saturated carbocycles. The van der Waals surface area contributed by atoms with Gasteiger partial charge in [-0.15, -0.1) is 22.7 Å². The maximum Gasteiger partial charge on any atom is 0.515 e. The molecular formula is C80H54BClN6O2S2. The number of pyridine rings is 2. The Hall–Kier alpha value is -10.1. The summed E-state index contributed by atoms with van der Waals surface area (Å²) in [6, 6.07) is 88.6. The van der Waals surface area contributed by atoms with Crippen LogP contribution in [0.2, 0.25) is 5.28 Å². The van der Waals surface area contributed by atoms with Crippen molar-refractivity contribution in [2.75, 3.05) is 0 Å². The van der Waals surface area contributed by atoms with Crippen molar-refractivity contribution in [3.8, 4) is 34.0 Å². The minimum absolute atomic E-state index is 0.276. The summed E-state index contributed by atoms with van der Waals surface area (Å²) in [7, 11) is -0.492. The maximum absolute atomic E-state index is 6.40. The maximum atomic E-state index is 6.40. The molecule has 1 saturated heterocycles. The van der Waals surface area contributed by atoms with Crippen LogP contribution in [-0.2, 0) is 9.31 Å². The third kappa shape index (κ3) is 9.33. The van der Waals surface area contributed by atoms with Gasteiger partial charge in [0.25, 0.3) is 0 Å². The molecule has 1 aliphatic heterocycles. The van der Waals surface area contributed by atoms with E-state index >= 15 is 0 Å². The number of aromatic nitrogens is 6. The van der Waals surface area contributed by atoms with Crippen molar-refractivity contribution in [1.82, 2.24) is 29.9 Å². The number of hydrogen-bond donors (Lipinski definition) is 0. The predicted molar refractivity (Wildman–Crippen MR) is 389 cm³/mol. The molecule has 6 aromatic heterocycles. The number of hydrogen-bond acceptors (Lipinski definition) is 10. The predicted octanol–water partition coefficient (Wildman–Crippen LogP) is 21.3. The molecule has 0 amide bonds. The molecule has 0 unspecified atom stereocenters. The number of fused-ring (bicyclic) bond motifs is 20. The van der Waals surface area contributed by atoms with Crippen LogP contribution < -0.4 is 5.59 Å². The summed E-state index contributed by atoms with van der Waals surface area (Å²) >= 11 is 9.76. The van der Waals surface area contributed by atoms with Crippen molar-refractivity contribution in [2.45, 2.75) is 38.9 Å². The molecule has 1 aliphatic rings. The number of nitrogens with zero attached hydrogens (tertiary/aromatic N) is 6. The Kier molecular flexibility index (Phi) is 13.4. The first-order chi connectivity index (χ1) is 45.0. The summed E-state index contributed by atoms with van der Waals surface area (Å²) in [6.45, 7) is 8.34. The fraction of sp³-hybridized carbons (Fsp3) is 0.0750. The molecule has 7 heterocycles. The van der Waals surface area contributed by atoms with Gasteiger partial charge in [0.2, 0.25) is 5.28 Å². The van der Waals surface area contributed by atoms with Crippen LogP contribution >= 0.6 is 34.3 Å². The quantitative estimate of drug-likeness (QED) is 0.0977. The van der Waals surface area contributed by atoms with Crippen LogP contribution in [0.3, 0.4) is 0 Å². The zero-order valence-electron chi connectivity index (χ0n) is 50.5. The molecule has 12 heteroatoms. The van der Waals surface area contributed by atoms with Gasteiger partial charge >= 0.3 is 7.12 Å². The second-order valence-electron chi connectivity index (χ2n) is 24.3. The Balaban J connectivity index is 0.000000112. The SMILES string of the molecule is CC1(C)OB(c2nc3c(ccc4c5ccccc5sc43)c3ccccc23)OC1(C)C.Clc1nc(-c2ccccc2)c2ccc3ccccc3c2n1.c1ccc(-c2nc(-c3nc4c(ccc5c6ccccc6sc54)c4ccccc34)nc3c2ccc2ccccc23)cc1. The molecular weight excluding hydrogens is 1190 g/mol. The molecule has 0 N–H and O–H groups in total. The monoisotopic (exact) mass is 1240 g/mol. The lowest BCUT2D eigenvalue weighted by molar-refractivity contribution is 0.00578. The highest BCUT2D eigenvalue weighted by molar-refractivity contribution is 7.27. The summed E-state index contributed by atoms with van der Waals surface area (Å²) in [6.07, 6.45) is 0. The van der Waals surface area contributed by atoms with Crippen LogP contribution in [0, 0.1) is 0 Å². The largest absolute Gasteiger partial charge is 0.515 e. The van der Waals surface area contributed by atoms with Gasteiger partial charge in [-0.2, -0.15) is 0 Å². The molecule has 19 rings (SSSR count). The number of benzene rings is 12. The molecule has 8 nitrogen and oxygen atoms in total. The van der Waals surface area contributed by atoms with Gasteiger partial charge in [-0.1, -0.05) is 231 Å². The Morgan fingerprint density at radius 1 is 0.304 bits per heavy atom. The molecule has 0 atom stereocenters. The highest BCUT2D eigenvalue weighted by Gasteiger charge is 2.53. The van der Waals surface area contributed by atoms with Gasteiger partial charge in [-0.3, -0.25) is 4.98 Å². The zero-order chi connectivity index (χ0) is 61.8. The molecule has 0 aliphatic carbocycles. The summed E-state index contributed by atoms with van der Waals surface area (Å²) in [5.41, 5.74) is 8.63. The van der Waals surface area contributed by atoms with Crippen molar-refractivity contribution in [1.29, 1.82) is 0 Å². The third-order valence-corrected chi connectivity index (χ3v) is 21.0. The first-order valence-corrected chi connectivity index (χ1v) is 32.8. The van der Waals surface area contributed by atoms with Gasteiger partial charge in [0.05, 0.1) is 59.6 Å². The van der Waals surface area contributed by atoms with E-state index in [1.165, 1.54) is 51.1 Å². The summed E-state index contributed by atoms with van der Waals surface area (Å²) in [4.78, 5) is 30.0. The van der Waals surface area contributed by atoms with E-state index in [0.29, 0.717) is 5.82 Å². The normalized spacial score (nSPS) is 13.8. The standard InChI is InChI=1S/C37H21N3S.C25H22BNO2S.C18H11ClN2/c1-2-11-23(12-3-1)32-30-19-18-22-10-4-5-13-24(22)33(30)40-37(39-32)35-27-16-7-6-14-25(27)28-20-21-29-26-15-8-9-17-31(26)41-36(29)34(28)38-35;1-24(2)25(3,4)29-26(28-24)23-19-11-6-5-9-15(19)17-13-14-18-16-10-7-8-12-20(16)30-22(18)21(17)27-23;19-18-20-16(13-7-2-1-3-8-13)15-11-10-12-6-4-5-9-14(12)17(15)21-18/h1-21H;5-14H,1-4H3;1-11H. The van der Waals surface area contributed by atoms with E-state index in [2.05, 4.69) is 244 Å². The van der Waals surface area contributed by atoms with Crippen LogP contribution in [0.1, 0.15) is 27.7 Å². The summed E-state index contributed by atoms with van der Waals surface area (Å²) in [5, 5.41) is 18.7. The number of rotatable bonds is 4. The third-order valence-electron chi connectivity index (χ3n) is 18.4. The van der Waals surface area contributed by atoms with Crippen molar-refractivity contribution in [2.24, 2.45) is 0 Å². The van der Waals surface area contributed by atoms with Gasteiger partial charge in [-0.05, 0) is 85.1 Å². The molecule has 12 aromatic carbocycles. The van der Waals surface area contributed by atoms with E-state index in [1.54, 1.807) is 22.7 Å². The molecule has 92 heavy (non-hydrogen) atoms. The molecule has 438 valence electrons. The molecule has 0 spiro atoms. The van der Waals surface area contributed by atoms with Crippen molar-refractivity contribution in [3.05, 3.63) is 260 Å². The van der Waals surface area contributed by atoms with Crippen molar-refractivity contribution < 1.29 is 9.31 Å². The fourth-order valence-electron chi connectivity index (χ4n) is 13.2. The van der Waals surface area contributed by atoms with E-state index < -0.39 is 18.3 Å². The van der Waals surface area contributed by atoms with Crippen LogP contribution in [-0.4, -0.2) is 48.2 Å². The Morgan fingerprint density at radius 3 is 1.25 bits per heavy atom. The van der Waals surface area contributed by atoms with E-state index in [-0.39, 0.29) is 5.28 Å². The first-order valence-electron chi connectivity index (χ1n) is 30.8. The van der Waals surface area contributed by atoms with Crippen molar-refractivity contribution in [3.63, 3.8) is 0 Å². The topological polar surface area (TPSA) is 95.8 Å². The highest BCUT2D eigenvalue weighted by atomic mass is 35.5. The molecule has 1 fully saturated rings. The Labute approximate surface area is 542 Å². The molecule has 18 aromatic rings. The van der Waals surface area contributed by atoms with Crippen LogP contribution in [0.25, 0.3) is 161 Å². The minimum atomic E-state index is -0.492. The lowest BCUT2D eigenvalue weighted by atomic mass is 9.80. The van der Waals surface area contributed by atoms with E-state index in [9.17, 15) is 0 Å². The van der Waals surface area contributed by atoms with Crippen LogP contribution in [0.5, 0.6) is 0 Å². The van der Waals surface area contributed by atoms with Crippen molar-refractivity contribution >= 4 is 174 Å². The smallest absolute Gasteiger partial charge is 0.398 e. The van der Waals surface area contributed by atoms with Crippen LogP contribution in [0.15, 0.2) is 255 Å². The molecule has 0 bridgehead atoms. The second-order valence-corrected chi connectivity index (χ2v) is 26.8. The second kappa shape index (κ2) is 22.1. The lowest BCUT2D eigenvalue weighted by Crippen LogP contribution is -2.41. The number of thiophene rings is 2. The average Bonchev–Trinajstić information content (AvgIpc) is 1.18. The molecule has 0 radical (unpaired) electrons. The van der Waals surface area contributed by atoms with Gasteiger partial charge in [0.15, 0.2) is 5.82 Å². The fourth-order valence-corrected chi connectivity index (χ4v) is 15.7. The highest BCUT2D eigenvalue weighted by Crippen LogP contribution is 2.44. The first kappa shape index (κ1) is 55.9. The van der Waals surface area contributed by atoms with Gasteiger partial charge in [0, 0.05) is 85.2 Å². The average molecular weight is 1240 g/mol. The summed E-state index contributed by atoms with van der Waals surface area (Å²) in [5.74, 6) is 0.643. The Bertz CT molecular complexity index is 6000. The van der Waals surface area contributed by atoms with E-state index in [0.717, 1.165) is 110 Å². The summed E-state index contributed by atoms with van der Waals surface area (Å²) < 4.78 is 17.8. The zero-order valence-corrected chi connectivity index (χ0v) is 52.9. The van der Waals surface area contributed by atoms with Gasteiger partial charge in [0.1, 0.15) is 5.69 Å². The van der Waals surface area contributed by atoms with E-state index in [4.69, 9.17) is 40.8 Å². The van der Waals surface area contributed by atoms with Crippen LogP contribution in [0.4, 0.5) is 0 Å². The Morgan fingerprint density at radius 2 is 0.707 bits per heavy atom. The number of halogens is 1. The van der Waals surface area contributed by atoms with Gasteiger partial charge < -0.3 is 9.31 Å².